The van der Waals surface area contributed by atoms with E-state index in [9.17, 15) is 27.2 Å². The monoisotopic (exact) mass is 443 g/mol. The number of carbonyl (C=O) groups excluding carboxylic acids is 2. The normalized spacial score (nSPS) is 11.4. The molecule has 3 aromatic rings. The number of benzene rings is 2. The van der Waals surface area contributed by atoms with Crippen molar-refractivity contribution in [1.29, 1.82) is 0 Å². The van der Waals surface area contributed by atoms with Crippen LogP contribution in [0.3, 0.4) is 0 Å². The standard InChI is InChI=1S/C23H17F4N3O2/c1-14-4-7-17(12-20(14)30-21(31)9-5-15-3-2-10-28-13-15)29-22(32)16-6-8-19(24)18(11-16)23(25,26)27/h2-13H,1H3,(H,29,32)(H,30,31)/b9-5+. The van der Waals surface area contributed by atoms with E-state index in [0.717, 1.165) is 11.6 Å². The molecule has 1 aromatic heterocycles. The highest BCUT2D eigenvalue weighted by Crippen LogP contribution is 2.32. The van der Waals surface area contributed by atoms with E-state index in [1.807, 2.05) is 0 Å². The van der Waals surface area contributed by atoms with E-state index < -0.39 is 29.4 Å². The number of rotatable bonds is 5. The number of hydrogen-bond donors (Lipinski definition) is 2. The van der Waals surface area contributed by atoms with Gasteiger partial charge >= 0.3 is 6.18 Å². The highest BCUT2D eigenvalue weighted by molar-refractivity contribution is 6.06. The van der Waals surface area contributed by atoms with Gasteiger partial charge in [-0.3, -0.25) is 14.6 Å². The molecule has 2 aromatic carbocycles. The van der Waals surface area contributed by atoms with Crippen molar-refractivity contribution in [3.8, 4) is 0 Å². The van der Waals surface area contributed by atoms with Crippen LogP contribution in [0.15, 0.2) is 67.0 Å². The summed E-state index contributed by atoms with van der Waals surface area (Å²) in [5.74, 6) is -2.74. The fraction of sp³-hybridized carbons (Fsp3) is 0.0870. The Hall–Kier alpha value is -4.01. The number of amides is 2. The molecule has 0 saturated heterocycles. The molecule has 2 amide bonds. The van der Waals surface area contributed by atoms with Gasteiger partial charge < -0.3 is 10.6 Å². The van der Waals surface area contributed by atoms with Crippen LogP contribution in [-0.4, -0.2) is 16.8 Å². The lowest BCUT2D eigenvalue weighted by molar-refractivity contribution is -0.140. The van der Waals surface area contributed by atoms with Crippen LogP contribution >= 0.6 is 0 Å². The van der Waals surface area contributed by atoms with Crippen LogP contribution < -0.4 is 10.6 Å². The molecule has 0 aliphatic carbocycles. The summed E-state index contributed by atoms with van der Waals surface area (Å²) in [7, 11) is 0. The maximum absolute atomic E-state index is 13.4. The summed E-state index contributed by atoms with van der Waals surface area (Å²) in [6, 6.07) is 10.1. The molecule has 0 atom stereocenters. The van der Waals surface area contributed by atoms with Gasteiger partial charge in [-0.15, -0.1) is 0 Å². The quantitative estimate of drug-likeness (QED) is 0.407. The van der Waals surface area contributed by atoms with E-state index in [1.54, 1.807) is 43.6 Å². The molecule has 9 heteroatoms. The summed E-state index contributed by atoms with van der Waals surface area (Å²) in [5, 5.41) is 5.12. The Bertz CT molecular complexity index is 1180. The second kappa shape index (κ2) is 9.42. The van der Waals surface area contributed by atoms with Crippen molar-refractivity contribution >= 4 is 29.3 Å². The third-order valence-corrected chi connectivity index (χ3v) is 4.40. The van der Waals surface area contributed by atoms with Crippen LogP contribution in [0.1, 0.15) is 27.0 Å². The first-order valence-electron chi connectivity index (χ1n) is 9.31. The first-order valence-corrected chi connectivity index (χ1v) is 9.31. The maximum atomic E-state index is 13.4. The SMILES string of the molecule is Cc1ccc(NC(=O)c2ccc(F)c(C(F)(F)F)c2)cc1NC(=O)/C=C/c1cccnc1. The van der Waals surface area contributed by atoms with Crippen LogP contribution in [-0.2, 0) is 11.0 Å². The van der Waals surface area contributed by atoms with Crippen LogP contribution in [0.5, 0.6) is 0 Å². The van der Waals surface area contributed by atoms with Gasteiger partial charge in [0.05, 0.1) is 5.56 Å². The molecule has 0 aliphatic heterocycles. The molecule has 0 bridgehead atoms. The number of nitrogens with zero attached hydrogens (tertiary/aromatic N) is 1. The van der Waals surface area contributed by atoms with E-state index in [1.165, 1.54) is 18.2 Å². The number of anilines is 2. The first-order chi connectivity index (χ1) is 15.1. The molecule has 0 saturated carbocycles. The fourth-order valence-corrected chi connectivity index (χ4v) is 2.74. The van der Waals surface area contributed by atoms with Gasteiger partial charge in [-0.2, -0.15) is 13.2 Å². The largest absolute Gasteiger partial charge is 0.419 e. The zero-order valence-corrected chi connectivity index (χ0v) is 16.7. The second-order valence-electron chi connectivity index (χ2n) is 6.79. The van der Waals surface area contributed by atoms with E-state index in [-0.39, 0.29) is 11.3 Å². The molecule has 0 fully saturated rings. The van der Waals surface area contributed by atoms with Crippen LogP contribution in [0, 0.1) is 12.7 Å². The molecule has 0 unspecified atom stereocenters. The Morgan fingerprint density at radius 1 is 1.03 bits per heavy atom. The van der Waals surface area contributed by atoms with Crippen LogP contribution in [0.4, 0.5) is 28.9 Å². The lowest BCUT2D eigenvalue weighted by Gasteiger charge is -2.12. The minimum Gasteiger partial charge on any atom is -0.322 e. The van der Waals surface area contributed by atoms with E-state index >= 15 is 0 Å². The molecular formula is C23H17F4N3O2. The van der Waals surface area contributed by atoms with Crippen molar-refractivity contribution in [2.24, 2.45) is 0 Å². The molecule has 0 radical (unpaired) electrons. The zero-order chi connectivity index (χ0) is 23.3. The maximum Gasteiger partial charge on any atom is 0.419 e. The summed E-state index contributed by atoms with van der Waals surface area (Å²) < 4.78 is 52.1. The van der Waals surface area contributed by atoms with Crippen LogP contribution in [0.2, 0.25) is 0 Å². The van der Waals surface area contributed by atoms with Crippen molar-refractivity contribution in [3.63, 3.8) is 0 Å². The molecule has 1 heterocycles. The van der Waals surface area contributed by atoms with Crippen molar-refractivity contribution < 1.29 is 27.2 Å². The Morgan fingerprint density at radius 3 is 2.50 bits per heavy atom. The lowest BCUT2D eigenvalue weighted by atomic mass is 10.1. The topological polar surface area (TPSA) is 71.1 Å². The minimum atomic E-state index is -4.93. The Morgan fingerprint density at radius 2 is 1.81 bits per heavy atom. The number of nitrogens with one attached hydrogen (secondary N) is 2. The van der Waals surface area contributed by atoms with Crippen molar-refractivity contribution in [2.45, 2.75) is 13.1 Å². The zero-order valence-electron chi connectivity index (χ0n) is 16.7. The van der Waals surface area contributed by atoms with Gasteiger partial charge in [-0.25, -0.2) is 4.39 Å². The highest BCUT2D eigenvalue weighted by Gasteiger charge is 2.34. The second-order valence-corrected chi connectivity index (χ2v) is 6.79. The summed E-state index contributed by atoms with van der Waals surface area (Å²) in [6.45, 7) is 1.74. The van der Waals surface area contributed by atoms with Gasteiger partial charge in [0.15, 0.2) is 0 Å². The average molecular weight is 443 g/mol. The number of alkyl halides is 3. The Labute approximate surface area is 180 Å². The summed E-state index contributed by atoms with van der Waals surface area (Å²) >= 11 is 0. The molecular weight excluding hydrogens is 426 g/mol. The van der Waals surface area contributed by atoms with Crippen molar-refractivity contribution in [1.82, 2.24) is 4.98 Å². The predicted molar refractivity (Wildman–Crippen MR) is 112 cm³/mol. The number of pyridine rings is 1. The summed E-state index contributed by atoms with van der Waals surface area (Å²) in [6.07, 6.45) is 1.17. The van der Waals surface area contributed by atoms with Crippen molar-refractivity contribution in [3.05, 3.63) is 95.1 Å². The third kappa shape index (κ3) is 5.78. The third-order valence-electron chi connectivity index (χ3n) is 4.40. The number of halogens is 4. The van der Waals surface area contributed by atoms with Gasteiger partial charge in [-0.1, -0.05) is 12.1 Å². The van der Waals surface area contributed by atoms with Gasteiger partial charge in [0.25, 0.3) is 5.91 Å². The minimum absolute atomic E-state index is 0.241. The Kier molecular flexibility index (Phi) is 6.67. The van der Waals surface area contributed by atoms with Gasteiger partial charge in [0.2, 0.25) is 5.91 Å². The molecule has 32 heavy (non-hydrogen) atoms. The predicted octanol–water partition coefficient (Wildman–Crippen LogP) is 5.45. The number of aromatic nitrogens is 1. The van der Waals surface area contributed by atoms with E-state index in [0.29, 0.717) is 23.4 Å². The molecule has 0 aliphatic rings. The van der Waals surface area contributed by atoms with E-state index in [4.69, 9.17) is 0 Å². The molecule has 2 N–H and O–H groups in total. The summed E-state index contributed by atoms with van der Waals surface area (Å²) in [5.41, 5.74) is 0.195. The van der Waals surface area contributed by atoms with Crippen LogP contribution in [0.25, 0.3) is 6.08 Å². The summed E-state index contributed by atoms with van der Waals surface area (Å²) in [4.78, 5) is 28.5. The lowest BCUT2D eigenvalue weighted by Crippen LogP contribution is -2.16. The van der Waals surface area contributed by atoms with E-state index in [2.05, 4.69) is 15.6 Å². The fourth-order valence-electron chi connectivity index (χ4n) is 2.74. The highest BCUT2D eigenvalue weighted by atomic mass is 19.4. The molecule has 0 spiro atoms. The van der Waals surface area contributed by atoms with Gasteiger partial charge in [-0.05, 0) is 60.5 Å². The molecule has 164 valence electrons. The first kappa shape index (κ1) is 22.7. The number of carbonyl (C=O) groups is 2. The molecule has 3 rings (SSSR count). The molecule has 5 nitrogen and oxygen atoms in total. The van der Waals surface area contributed by atoms with Gasteiger partial charge in [0.1, 0.15) is 5.82 Å². The number of hydrogen-bond acceptors (Lipinski definition) is 3. The van der Waals surface area contributed by atoms with Gasteiger partial charge in [0, 0.05) is 35.4 Å². The average Bonchev–Trinajstić information content (AvgIpc) is 2.75. The Balaban J connectivity index is 1.74. The number of aryl methyl sites for hydroxylation is 1. The van der Waals surface area contributed by atoms with Crippen molar-refractivity contribution in [2.75, 3.05) is 10.6 Å². The smallest absolute Gasteiger partial charge is 0.322 e.